The molecule has 98 valence electrons. The van der Waals surface area contributed by atoms with Crippen molar-refractivity contribution in [3.63, 3.8) is 0 Å². The van der Waals surface area contributed by atoms with E-state index < -0.39 is 5.91 Å². The Morgan fingerprint density at radius 2 is 2.00 bits per heavy atom. The molecule has 1 aromatic carbocycles. The van der Waals surface area contributed by atoms with Gasteiger partial charge in [0.1, 0.15) is 12.1 Å². The molecule has 0 spiro atoms. The van der Waals surface area contributed by atoms with Gasteiger partial charge in [0.25, 0.3) is 5.91 Å². The maximum absolute atomic E-state index is 11.9. The van der Waals surface area contributed by atoms with Crippen LogP contribution in [-0.2, 0) is 0 Å². The summed E-state index contributed by atoms with van der Waals surface area (Å²) in [5.74, 6) is -0.419. The molecule has 1 amide bonds. The van der Waals surface area contributed by atoms with Crippen LogP contribution < -0.4 is 10.6 Å². The zero-order valence-electron chi connectivity index (χ0n) is 10.3. The highest BCUT2D eigenvalue weighted by Crippen LogP contribution is 2.18. The van der Waals surface area contributed by atoms with Crippen LogP contribution in [0.4, 0.5) is 10.8 Å². The van der Waals surface area contributed by atoms with Crippen molar-refractivity contribution in [3.05, 3.63) is 34.3 Å². The molecule has 8 heteroatoms. The van der Waals surface area contributed by atoms with Gasteiger partial charge in [-0.1, -0.05) is 11.3 Å². The molecule has 0 aliphatic rings. The Morgan fingerprint density at radius 3 is 2.60 bits per heavy atom. The smallest absolute Gasteiger partial charge is 0.286 e. The van der Waals surface area contributed by atoms with Crippen LogP contribution in [0, 0.1) is 22.7 Å². The molecule has 0 unspecified atom stereocenters. The van der Waals surface area contributed by atoms with E-state index in [-0.39, 0.29) is 16.1 Å². The maximum Gasteiger partial charge on any atom is 0.286 e. The van der Waals surface area contributed by atoms with Crippen molar-refractivity contribution in [1.82, 2.24) is 10.2 Å². The summed E-state index contributed by atoms with van der Waals surface area (Å²) in [6.07, 6.45) is 0. The summed E-state index contributed by atoms with van der Waals surface area (Å²) in [4.78, 5) is 11.9. The van der Waals surface area contributed by atoms with Crippen molar-refractivity contribution >= 4 is 28.1 Å². The second kappa shape index (κ2) is 5.78. The predicted molar refractivity (Wildman–Crippen MR) is 73.3 cm³/mol. The average molecular weight is 284 g/mol. The molecule has 0 fully saturated rings. The summed E-state index contributed by atoms with van der Waals surface area (Å²) in [6, 6.07) is 8.28. The lowest BCUT2D eigenvalue weighted by atomic mass is 10.1. The molecular weight excluding hydrogens is 276 g/mol. The average Bonchev–Trinajstić information content (AvgIpc) is 2.96. The standard InChI is InChI=1S/C12H8N6OS/c1-15-12-18-17-11(20-12)10(19)16-9-3-2-7(5-13)8(4-9)6-14/h2-4H,1H3,(H,15,18)(H,16,19). The third-order valence-electron chi connectivity index (χ3n) is 2.35. The molecule has 0 saturated carbocycles. The van der Waals surface area contributed by atoms with E-state index in [2.05, 4.69) is 20.8 Å². The molecular formula is C12H8N6OS. The van der Waals surface area contributed by atoms with Crippen LogP contribution in [0.2, 0.25) is 0 Å². The topological polar surface area (TPSA) is 114 Å². The number of nitrogens with zero attached hydrogens (tertiary/aromatic N) is 4. The van der Waals surface area contributed by atoms with Crippen molar-refractivity contribution in [2.24, 2.45) is 0 Å². The van der Waals surface area contributed by atoms with Crippen molar-refractivity contribution in [1.29, 1.82) is 10.5 Å². The number of benzene rings is 1. The number of carbonyl (C=O) groups is 1. The number of aromatic nitrogens is 2. The lowest BCUT2D eigenvalue weighted by molar-refractivity contribution is 0.102. The Kier molecular flexibility index (Phi) is 3.89. The van der Waals surface area contributed by atoms with Gasteiger partial charge in [0.05, 0.1) is 11.1 Å². The van der Waals surface area contributed by atoms with E-state index >= 15 is 0 Å². The van der Waals surface area contributed by atoms with Crippen LogP contribution in [0.15, 0.2) is 18.2 Å². The van der Waals surface area contributed by atoms with Gasteiger partial charge in [-0.2, -0.15) is 10.5 Å². The van der Waals surface area contributed by atoms with Crippen molar-refractivity contribution in [3.8, 4) is 12.1 Å². The first-order chi connectivity index (χ1) is 9.67. The third kappa shape index (κ3) is 2.71. The number of anilines is 2. The minimum atomic E-state index is -0.419. The lowest BCUT2D eigenvalue weighted by Gasteiger charge is -2.03. The number of carbonyl (C=O) groups excluding carboxylic acids is 1. The summed E-state index contributed by atoms with van der Waals surface area (Å²) >= 11 is 1.12. The first-order valence-corrected chi connectivity index (χ1v) is 6.26. The van der Waals surface area contributed by atoms with E-state index in [1.54, 1.807) is 13.1 Å². The molecule has 0 bridgehead atoms. The summed E-state index contributed by atoms with van der Waals surface area (Å²) in [5.41, 5.74) is 0.893. The van der Waals surface area contributed by atoms with Gasteiger partial charge in [-0.3, -0.25) is 4.79 Å². The number of nitrogens with one attached hydrogen (secondary N) is 2. The zero-order chi connectivity index (χ0) is 14.5. The Balaban J connectivity index is 2.20. The lowest BCUT2D eigenvalue weighted by Crippen LogP contribution is -2.11. The third-order valence-corrected chi connectivity index (χ3v) is 3.29. The Morgan fingerprint density at radius 1 is 1.25 bits per heavy atom. The van der Waals surface area contributed by atoms with Gasteiger partial charge in [0, 0.05) is 12.7 Å². The normalized spacial score (nSPS) is 9.35. The fourth-order valence-electron chi connectivity index (χ4n) is 1.41. The molecule has 0 saturated heterocycles. The van der Waals surface area contributed by atoms with Gasteiger partial charge in [-0.15, -0.1) is 10.2 Å². The first kappa shape index (κ1) is 13.5. The van der Waals surface area contributed by atoms with Crippen molar-refractivity contribution in [2.45, 2.75) is 0 Å². The summed E-state index contributed by atoms with van der Waals surface area (Å²) in [7, 11) is 1.68. The highest BCUT2D eigenvalue weighted by atomic mass is 32.1. The van der Waals surface area contributed by atoms with Crippen LogP contribution in [-0.4, -0.2) is 23.2 Å². The largest absolute Gasteiger partial charge is 0.363 e. The van der Waals surface area contributed by atoms with Gasteiger partial charge >= 0.3 is 0 Å². The quantitative estimate of drug-likeness (QED) is 0.884. The number of amides is 1. The Hall–Kier alpha value is -2.97. The van der Waals surface area contributed by atoms with Crippen LogP contribution in [0.3, 0.4) is 0 Å². The van der Waals surface area contributed by atoms with Crippen LogP contribution in [0.1, 0.15) is 20.9 Å². The minimum Gasteiger partial charge on any atom is -0.363 e. The Labute approximate surface area is 118 Å². The second-order valence-corrected chi connectivity index (χ2v) is 4.58. The zero-order valence-corrected chi connectivity index (χ0v) is 11.2. The molecule has 1 aromatic heterocycles. The summed E-state index contributed by atoms with van der Waals surface area (Å²) < 4.78 is 0. The molecule has 0 atom stereocenters. The first-order valence-electron chi connectivity index (χ1n) is 5.44. The highest BCUT2D eigenvalue weighted by Gasteiger charge is 2.13. The van der Waals surface area contributed by atoms with E-state index in [9.17, 15) is 4.79 Å². The number of rotatable bonds is 3. The van der Waals surface area contributed by atoms with Crippen molar-refractivity contribution < 1.29 is 4.79 Å². The highest BCUT2D eigenvalue weighted by molar-refractivity contribution is 7.17. The molecule has 2 rings (SSSR count). The fraction of sp³-hybridized carbons (Fsp3) is 0.0833. The van der Waals surface area contributed by atoms with E-state index in [1.165, 1.54) is 12.1 Å². The summed E-state index contributed by atoms with van der Waals surface area (Å²) in [6.45, 7) is 0. The molecule has 2 aromatic rings. The van der Waals surface area contributed by atoms with Gasteiger partial charge in [-0.05, 0) is 18.2 Å². The Bertz CT molecular complexity index is 739. The SMILES string of the molecule is CNc1nnc(C(=O)Nc2ccc(C#N)c(C#N)c2)s1. The number of hydrogen-bond acceptors (Lipinski definition) is 7. The van der Waals surface area contributed by atoms with Gasteiger partial charge in [0.2, 0.25) is 10.1 Å². The second-order valence-electron chi connectivity index (χ2n) is 3.60. The number of nitriles is 2. The van der Waals surface area contributed by atoms with E-state index in [0.29, 0.717) is 10.8 Å². The minimum absolute atomic E-state index is 0.206. The number of hydrogen-bond donors (Lipinski definition) is 2. The van der Waals surface area contributed by atoms with Crippen LogP contribution in [0.25, 0.3) is 0 Å². The fourth-order valence-corrected chi connectivity index (χ4v) is 2.00. The van der Waals surface area contributed by atoms with Crippen molar-refractivity contribution in [2.75, 3.05) is 17.7 Å². The van der Waals surface area contributed by atoms with Gasteiger partial charge in [-0.25, -0.2) is 0 Å². The molecule has 2 N–H and O–H groups in total. The molecule has 0 aliphatic carbocycles. The summed E-state index contributed by atoms with van der Waals surface area (Å²) in [5, 5.41) is 31.4. The molecule has 0 radical (unpaired) electrons. The molecule has 0 aliphatic heterocycles. The van der Waals surface area contributed by atoms with Gasteiger partial charge in [0.15, 0.2) is 0 Å². The molecule has 7 nitrogen and oxygen atoms in total. The molecule has 20 heavy (non-hydrogen) atoms. The van der Waals surface area contributed by atoms with E-state index in [1.807, 2.05) is 12.1 Å². The predicted octanol–water partition coefficient (Wildman–Crippen LogP) is 1.58. The van der Waals surface area contributed by atoms with Crippen LogP contribution in [0.5, 0.6) is 0 Å². The van der Waals surface area contributed by atoms with E-state index in [0.717, 1.165) is 11.3 Å². The monoisotopic (exact) mass is 284 g/mol. The maximum atomic E-state index is 11.9. The molecule has 1 heterocycles. The van der Waals surface area contributed by atoms with E-state index in [4.69, 9.17) is 10.5 Å². The van der Waals surface area contributed by atoms with Crippen LogP contribution >= 0.6 is 11.3 Å². The van der Waals surface area contributed by atoms with Gasteiger partial charge < -0.3 is 10.6 Å².